The number of nitrogens with one attached hydrogen (secondary N) is 2. The highest BCUT2D eigenvalue weighted by Gasteiger charge is 2.16. The minimum atomic E-state index is -0.699. The SMILES string of the molecule is Cc1cc(C)cc(NC(=O)C(=O)Nc2ccccc2Sc2ccccc2)c1. The summed E-state index contributed by atoms with van der Waals surface area (Å²) in [5.41, 5.74) is 3.26. The topological polar surface area (TPSA) is 58.2 Å². The molecule has 136 valence electrons. The Morgan fingerprint density at radius 1 is 0.741 bits per heavy atom. The van der Waals surface area contributed by atoms with E-state index < -0.39 is 11.8 Å². The average Bonchev–Trinajstić information content (AvgIpc) is 2.63. The zero-order chi connectivity index (χ0) is 19.2. The molecule has 3 aromatic carbocycles. The third kappa shape index (κ3) is 5.21. The second kappa shape index (κ2) is 8.56. The summed E-state index contributed by atoms with van der Waals surface area (Å²) in [7, 11) is 0. The first-order valence-electron chi connectivity index (χ1n) is 8.54. The zero-order valence-corrected chi connectivity index (χ0v) is 16.0. The van der Waals surface area contributed by atoms with Gasteiger partial charge in [-0.3, -0.25) is 9.59 Å². The van der Waals surface area contributed by atoms with Gasteiger partial charge in [0.2, 0.25) is 0 Å². The molecule has 0 saturated carbocycles. The summed E-state index contributed by atoms with van der Waals surface area (Å²) in [6.45, 7) is 3.89. The Balaban J connectivity index is 1.71. The lowest BCUT2D eigenvalue weighted by molar-refractivity contribution is -0.133. The monoisotopic (exact) mass is 376 g/mol. The quantitative estimate of drug-likeness (QED) is 0.628. The van der Waals surface area contributed by atoms with Gasteiger partial charge in [-0.15, -0.1) is 0 Å². The molecule has 0 bridgehead atoms. The van der Waals surface area contributed by atoms with Crippen molar-refractivity contribution in [1.29, 1.82) is 0 Å². The number of benzene rings is 3. The first kappa shape index (κ1) is 18.7. The fourth-order valence-corrected chi connectivity index (χ4v) is 3.61. The average molecular weight is 376 g/mol. The van der Waals surface area contributed by atoms with Gasteiger partial charge in [0, 0.05) is 15.5 Å². The molecule has 0 aliphatic heterocycles. The number of hydrogen-bond acceptors (Lipinski definition) is 3. The Bertz CT molecular complexity index is 951. The number of hydrogen-bond donors (Lipinski definition) is 2. The van der Waals surface area contributed by atoms with Crippen molar-refractivity contribution in [1.82, 2.24) is 0 Å². The number of aryl methyl sites for hydroxylation is 2. The highest BCUT2D eigenvalue weighted by Crippen LogP contribution is 2.33. The van der Waals surface area contributed by atoms with Crippen molar-refractivity contribution in [3.8, 4) is 0 Å². The summed E-state index contributed by atoms with van der Waals surface area (Å²) in [6.07, 6.45) is 0. The maximum atomic E-state index is 12.4. The van der Waals surface area contributed by atoms with Gasteiger partial charge in [-0.2, -0.15) is 0 Å². The van der Waals surface area contributed by atoms with Crippen LogP contribution in [-0.2, 0) is 9.59 Å². The van der Waals surface area contributed by atoms with Crippen LogP contribution in [0.1, 0.15) is 11.1 Å². The van der Waals surface area contributed by atoms with E-state index in [-0.39, 0.29) is 0 Å². The molecule has 27 heavy (non-hydrogen) atoms. The van der Waals surface area contributed by atoms with Crippen molar-refractivity contribution in [2.75, 3.05) is 10.6 Å². The summed E-state index contributed by atoms with van der Waals surface area (Å²) in [5.74, 6) is -1.39. The minimum Gasteiger partial charge on any atom is -0.318 e. The van der Waals surface area contributed by atoms with Gasteiger partial charge >= 0.3 is 11.8 Å². The van der Waals surface area contributed by atoms with Crippen molar-refractivity contribution in [3.05, 3.63) is 83.9 Å². The van der Waals surface area contributed by atoms with E-state index >= 15 is 0 Å². The van der Waals surface area contributed by atoms with E-state index in [0.717, 1.165) is 20.9 Å². The maximum absolute atomic E-state index is 12.4. The molecule has 3 aromatic rings. The predicted octanol–water partition coefficient (Wildman–Crippen LogP) is 5.03. The largest absolute Gasteiger partial charge is 0.318 e. The van der Waals surface area contributed by atoms with Gasteiger partial charge in [-0.05, 0) is 61.4 Å². The highest BCUT2D eigenvalue weighted by molar-refractivity contribution is 7.99. The van der Waals surface area contributed by atoms with Gasteiger partial charge in [-0.25, -0.2) is 0 Å². The number of para-hydroxylation sites is 1. The van der Waals surface area contributed by atoms with Crippen LogP contribution in [0.2, 0.25) is 0 Å². The molecule has 0 fully saturated rings. The van der Waals surface area contributed by atoms with Crippen LogP contribution in [0.3, 0.4) is 0 Å². The molecule has 0 unspecified atom stereocenters. The van der Waals surface area contributed by atoms with E-state index in [0.29, 0.717) is 11.4 Å². The van der Waals surface area contributed by atoms with E-state index in [2.05, 4.69) is 10.6 Å². The Hall–Kier alpha value is -3.05. The Kier molecular flexibility index (Phi) is 5.94. The third-order valence-electron chi connectivity index (χ3n) is 3.79. The van der Waals surface area contributed by atoms with Crippen molar-refractivity contribution in [2.45, 2.75) is 23.6 Å². The summed E-state index contributed by atoms with van der Waals surface area (Å²) in [4.78, 5) is 26.6. The van der Waals surface area contributed by atoms with Crippen LogP contribution in [-0.4, -0.2) is 11.8 Å². The Labute approximate surface area is 163 Å². The predicted molar refractivity (Wildman–Crippen MR) is 110 cm³/mol. The second-order valence-corrected chi connectivity index (χ2v) is 7.31. The van der Waals surface area contributed by atoms with Crippen LogP contribution in [0.15, 0.2) is 82.6 Å². The van der Waals surface area contributed by atoms with Crippen molar-refractivity contribution >= 4 is 35.0 Å². The molecule has 0 aliphatic rings. The molecule has 0 saturated heterocycles. The fraction of sp³-hybridized carbons (Fsp3) is 0.0909. The van der Waals surface area contributed by atoms with E-state index in [1.54, 1.807) is 6.07 Å². The van der Waals surface area contributed by atoms with Gasteiger partial charge in [0.1, 0.15) is 0 Å². The zero-order valence-electron chi connectivity index (χ0n) is 15.2. The van der Waals surface area contributed by atoms with Crippen LogP contribution in [0, 0.1) is 13.8 Å². The lowest BCUT2D eigenvalue weighted by Crippen LogP contribution is -2.29. The normalized spacial score (nSPS) is 10.3. The molecule has 0 heterocycles. The number of rotatable bonds is 4. The molecule has 0 atom stereocenters. The Morgan fingerprint density at radius 3 is 2.04 bits per heavy atom. The molecule has 2 amide bonds. The second-order valence-electron chi connectivity index (χ2n) is 6.20. The van der Waals surface area contributed by atoms with Gasteiger partial charge < -0.3 is 10.6 Å². The van der Waals surface area contributed by atoms with E-state index in [9.17, 15) is 9.59 Å². The number of carbonyl (C=O) groups is 2. The summed E-state index contributed by atoms with van der Waals surface area (Å²) < 4.78 is 0. The molecule has 0 spiro atoms. The standard InChI is InChI=1S/C22H20N2O2S/c1-15-12-16(2)14-17(13-15)23-21(25)22(26)24-19-10-6-7-11-20(19)27-18-8-4-3-5-9-18/h3-14H,1-2H3,(H,23,25)(H,24,26). The lowest BCUT2D eigenvalue weighted by atomic mass is 10.1. The highest BCUT2D eigenvalue weighted by atomic mass is 32.2. The Morgan fingerprint density at radius 2 is 1.33 bits per heavy atom. The molecule has 0 aromatic heterocycles. The van der Waals surface area contributed by atoms with E-state index in [4.69, 9.17) is 0 Å². The first-order chi connectivity index (χ1) is 13.0. The molecule has 5 heteroatoms. The molecule has 2 N–H and O–H groups in total. The van der Waals surface area contributed by atoms with Gasteiger partial charge in [0.05, 0.1) is 5.69 Å². The number of amides is 2. The molecule has 0 radical (unpaired) electrons. The maximum Gasteiger partial charge on any atom is 0.314 e. The van der Waals surface area contributed by atoms with Crippen LogP contribution in [0.5, 0.6) is 0 Å². The molecule has 4 nitrogen and oxygen atoms in total. The van der Waals surface area contributed by atoms with Crippen LogP contribution >= 0.6 is 11.8 Å². The summed E-state index contributed by atoms with van der Waals surface area (Å²) >= 11 is 1.53. The lowest BCUT2D eigenvalue weighted by Gasteiger charge is -2.11. The summed E-state index contributed by atoms with van der Waals surface area (Å²) in [6, 6.07) is 23.0. The van der Waals surface area contributed by atoms with Crippen LogP contribution in [0.4, 0.5) is 11.4 Å². The van der Waals surface area contributed by atoms with E-state index in [1.165, 1.54) is 11.8 Å². The summed E-state index contributed by atoms with van der Waals surface area (Å²) in [5, 5.41) is 5.36. The smallest absolute Gasteiger partial charge is 0.314 e. The fourth-order valence-electron chi connectivity index (χ4n) is 2.69. The minimum absolute atomic E-state index is 0.604. The van der Waals surface area contributed by atoms with Gasteiger partial charge in [-0.1, -0.05) is 48.2 Å². The third-order valence-corrected chi connectivity index (χ3v) is 4.88. The first-order valence-corrected chi connectivity index (χ1v) is 9.35. The number of anilines is 2. The number of carbonyl (C=O) groups excluding carboxylic acids is 2. The van der Waals surface area contributed by atoms with Gasteiger partial charge in [0.25, 0.3) is 0 Å². The van der Waals surface area contributed by atoms with Crippen LogP contribution in [0.25, 0.3) is 0 Å². The van der Waals surface area contributed by atoms with Gasteiger partial charge in [0.15, 0.2) is 0 Å². The molecule has 0 aliphatic carbocycles. The van der Waals surface area contributed by atoms with Crippen molar-refractivity contribution in [3.63, 3.8) is 0 Å². The van der Waals surface area contributed by atoms with E-state index in [1.807, 2.05) is 80.6 Å². The molecule has 3 rings (SSSR count). The molecular weight excluding hydrogens is 356 g/mol. The van der Waals surface area contributed by atoms with Crippen molar-refractivity contribution in [2.24, 2.45) is 0 Å². The van der Waals surface area contributed by atoms with Crippen LogP contribution < -0.4 is 10.6 Å². The van der Waals surface area contributed by atoms with Crippen molar-refractivity contribution < 1.29 is 9.59 Å². The molecular formula is C22H20N2O2S.